The second kappa shape index (κ2) is 7.66. The van der Waals surface area contributed by atoms with Crippen molar-refractivity contribution in [1.29, 1.82) is 0 Å². The summed E-state index contributed by atoms with van der Waals surface area (Å²) in [7, 11) is 2.26. The smallest absolute Gasteiger partial charge is 0.223 e. The molecule has 3 aromatic rings. The molecule has 0 unspecified atom stereocenters. The van der Waals surface area contributed by atoms with Crippen molar-refractivity contribution in [3.05, 3.63) is 54.4 Å². The van der Waals surface area contributed by atoms with Gasteiger partial charge in [0.1, 0.15) is 12.3 Å². The monoisotopic (exact) mass is 417 g/mol. The molecule has 7 heteroatoms. The van der Waals surface area contributed by atoms with Gasteiger partial charge in [-0.1, -0.05) is 0 Å². The van der Waals surface area contributed by atoms with E-state index >= 15 is 0 Å². The van der Waals surface area contributed by atoms with E-state index in [1.807, 2.05) is 16.8 Å². The van der Waals surface area contributed by atoms with Gasteiger partial charge in [0.25, 0.3) is 0 Å². The predicted octanol–water partition coefficient (Wildman–Crippen LogP) is 3.13. The van der Waals surface area contributed by atoms with Crippen LogP contribution in [0.3, 0.4) is 0 Å². The van der Waals surface area contributed by atoms with Crippen molar-refractivity contribution in [2.75, 3.05) is 38.3 Å². The molecule has 2 aromatic heterocycles. The van der Waals surface area contributed by atoms with E-state index in [2.05, 4.69) is 52.3 Å². The van der Waals surface area contributed by atoms with Crippen LogP contribution in [0.4, 0.5) is 5.69 Å². The highest BCUT2D eigenvalue weighted by molar-refractivity contribution is 5.69. The zero-order valence-corrected chi connectivity index (χ0v) is 17.8. The van der Waals surface area contributed by atoms with Crippen LogP contribution < -0.4 is 9.64 Å². The van der Waals surface area contributed by atoms with Crippen LogP contribution in [-0.4, -0.2) is 65.1 Å². The van der Waals surface area contributed by atoms with Gasteiger partial charge in [-0.2, -0.15) is 5.10 Å². The van der Waals surface area contributed by atoms with Crippen LogP contribution in [0.15, 0.2) is 48.8 Å². The maximum absolute atomic E-state index is 5.77. The Morgan fingerprint density at radius 1 is 1.00 bits per heavy atom. The lowest BCUT2D eigenvalue weighted by Crippen LogP contribution is -2.54. The number of likely N-dealkylation sites (N-methyl/N-ethyl adjacent to an activating group) is 1. The molecule has 7 nitrogen and oxygen atoms in total. The lowest BCUT2D eigenvalue weighted by molar-refractivity contribution is -0.0718. The highest BCUT2D eigenvalue weighted by Gasteiger charge is 2.31. The molecular weight excluding hydrogens is 390 g/mol. The van der Waals surface area contributed by atoms with Gasteiger partial charge in [0.2, 0.25) is 5.88 Å². The molecule has 2 saturated heterocycles. The topological polar surface area (TPSA) is 55.7 Å². The molecule has 160 valence electrons. The van der Waals surface area contributed by atoms with Crippen molar-refractivity contribution in [3.63, 3.8) is 0 Å². The Hall–Kier alpha value is -2.90. The fraction of sp³-hybridized carbons (Fsp3) is 0.417. The third-order valence-corrected chi connectivity index (χ3v) is 6.90. The SMILES string of the molecule is CN(C1CCN(c2ccc(-n3cc4c(n3)-c3cccnc3OC4)cc2)CC1)C1COC1. The number of hydrogen-bond acceptors (Lipinski definition) is 6. The zero-order chi connectivity index (χ0) is 20.8. The second-order valence-electron chi connectivity index (χ2n) is 8.68. The quantitative estimate of drug-likeness (QED) is 0.650. The van der Waals surface area contributed by atoms with Gasteiger partial charge in [-0.3, -0.25) is 4.90 Å². The summed E-state index contributed by atoms with van der Waals surface area (Å²) in [6, 6.07) is 14.0. The number of rotatable bonds is 4. The first-order chi connectivity index (χ1) is 15.3. The van der Waals surface area contributed by atoms with Crippen LogP contribution in [0.2, 0.25) is 0 Å². The van der Waals surface area contributed by atoms with Crippen LogP contribution in [0.25, 0.3) is 16.9 Å². The summed E-state index contributed by atoms with van der Waals surface area (Å²) in [5.74, 6) is 0.662. The average molecular weight is 418 g/mol. The summed E-state index contributed by atoms with van der Waals surface area (Å²) in [5.41, 5.74) is 5.35. The fourth-order valence-corrected chi connectivity index (χ4v) is 4.81. The van der Waals surface area contributed by atoms with Gasteiger partial charge < -0.3 is 14.4 Å². The van der Waals surface area contributed by atoms with E-state index < -0.39 is 0 Å². The van der Waals surface area contributed by atoms with Gasteiger partial charge in [0.15, 0.2) is 0 Å². The fourth-order valence-electron chi connectivity index (χ4n) is 4.81. The number of pyridine rings is 1. The number of hydrogen-bond donors (Lipinski definition) is 0. The molecule has 5 heterocycles. The molecule has 0 saturated carbocycles. The zero-order valence-electron chi connectivity index (χ0n) is 17.8. The third-order valence-electron chi connectivity index (χ3n) is 6.90. The summed E-state index contributed by atoms with van der Waals surface area (Å²) in [4.78, 5) is 9.33. The Bertz CT molecular complexity index is 1070. The van der Waals surface area contributed by atoms with Gasteiger partial charge in [0, 0.05) is 42.8 Å². The maximum atomic E-state index is 5.77. The minimum Gasteiger partial charge on any atom is -0.472 e. The summed E-state index contributed by atoms with van der Waals surface area (Å²) >= 11 is 0. The van der Waals surface area contributed by atoms with Gasteiger partial charge in [-0.15, -0.1) is 0 Å². The van der Waals surface area contributed by atoms with Crippen molar-refractivity contribution in [2.24, 2.45) is 0 Å². The number of aromatic nitrogens is 3. The minimum atomic E-state index is 0.508. The minimum absolute atomic E-state index is 0.508. The summed E-state index contributed by atoms with van der Waals surface area (Å²) in [5, 5.41) is 4.83. The van der Waals surface area contributed by atoms with E-state index in [4.69, 9.17) is 14.6 Å². The molecule has 0 bridgehead atoms. The largest absolute Gasteiger partial charge is 0.472 e. The lowest BCUT2D eigenvalue weighted by atomic mass is 10.0. The number of nitrogens with zero attached hydrogens (tertiary/aromatic N) is 5. The third kappa shape index (κ3) is 3.38. The van der Waals surface area contributed by atoms with E-state index in [1.165, 1.54) is 18.5 Å². The first-order valence-corrected chi connectivity index (χ1v) is 11.1. The molecule has 0 N–H and O–H groups in total. The molecule has 0 radical (unpaired) electrons. The second-order valence-corrected chi connectivity index (χ2v) is 8.68. The van der Waals surface area contributed by atoms with E-state index in [0.29, 0.717) is 24.6 Å². The van der Waals surface area contributed by atoms with Crippen LogP contribution in [0, 0.1) is 0 Å². The van der Waals surface area contributed by atoms with Crippen molar-refractivity contribution in [1.82, 2.24) is 19.7 Å². The average Bonchev–Trinajstić information content (AvgIpc) is 3.23. The van der Waals surface area contributed by atoms with Gasteiger partial charge in [-0.05, 0) is 56.3 Å². The van der Waals surface area contributed by atoms with Crippen LogP contribution in [0.1, 0.15) is 18.4 Å². The molecular formula is C24H27N5O2. The Balaban J connectivity index is 1.15. The predicted molar refractivity (Wildman–Crippen MR) is 119 cm³/mol. The molecule has 1 aromatic carbocycles. The Labute approximate surface area is 182 Å². The van der Waals surface area contributed by atoms with Gasteiger partial charge >= 0.3 is 0 Å². The standard InChI is InChI=1S/C24H27N5O2/c1-27(21-15-30-16-21)18-8-11-28(12-9-18)19-4-6-20(7-5-19)29-13-17-14-31-24-22(23(17)26-29)3-2-10-25-24/h2-7,10,13,18,21H,8-9,11-12,14-16H2,1H3. The van der Waals surface area contributed by atoms with E-state index in [9.17, 15) is 0 Å². The first kappa shape index (κ1) is 18.8. The lowest BCUT2D eigenvalue weighted by Gasteiger charge is -2.43. The van der Waals surface area contributed by atoms with Crippen molar-refractivity contribution < 1.29 is 9.47 Å². The molecule has 0 amide bonds. The van der Waals surface area contributed by atoms with Crippen molar-refractivity contribution in [2.45, 2.75) is 31.5 Å². The molecule has 3 aliphatic heterocycles. The highest BCUT2D eigenvalue weighted by atomic mass is 16.5. The number of piperidine rings is 1. The highest BCUT2D eigenvalue weighted by Crippen LogP contribution is 2.35. The Kier molecular flexibility index (Phi) is 4.65. The van der Waals surface area contributed by atoms with E-state index in [-0.39, 0.29) is 0 Å². The first-order valence-electron chi connectivity index (χ1n) is 11.1. The summed E-state index contributed by atoms with van der Waals surface area (Å²) < 4.78 is 13.1. The van der Waals surface area contributed by atoms with Crippen LogP contribution in [0.5, 0.6) is 5.88 Å². The summed E-state index contributed by atoms with van der Waals surface area (Å²) in [6.45, 7) is 4.48. The molecule has 0 spiro atoms. The number of benzene rings is 1. The van der Waals surface area contributed by atoms with Crippen molar-refractivity contribution >= 4 is 5.69 Å². The van der Waals surface area contributed by atoms with Crippen LogP contribution in [-0.2, 0) is 11.3 Å². The van der Waals surface area contributed by atoms with Gasteiger partial charge in [-0.25, -0.2) is 9.67 Å². The van der Waals surface area contributed by atoms with Crippen molar-refractivity contribution in [3.8, 4) is 22.8 Å². The molecule has 0 aliphatic carbocycles. The summed E-state index contributed by atoms with van der Waals surface area (Å²) in [6.07, 6.45) is 6.22. The number of fused-ring (bicyclic) bond motifs is 3. The maximum Gasteiger partial charge on any atom is 0.223 e. The Morgan fingerprint density at radius 2 is 1.77 bits per heavy atom. The van der Waals surface area contributed by atoms with E-state index in [0.717, 1.165) is 48.8 Å². The molecule has 31 heavy (non-hydrogen) atoms. The molecule has 0 atom stereocenters. The van der Waals surface area contributed by atoms with E-state index in [1.54, 1.807) is 6.20 Å². The normalized spacial score (nSPS) is 19.0. The Morgan fingerprint density at radius 3 is 2.52 bits per heavy atom. The number of anilines is 1. The number of ether oxygens (including phenoxy) is 2. The van der Waals surface area contributed by atoms with Gasteiger partial charge in [0.05, 0.1) is 30.5 Å². The molecule has 6 rings (SSSR count). The molecule has 2 fully saturated rings. The van der Waals surface area contributed by atoms with Crippen LogP contribution >= 0.6 is 0 Å². The molecule has 3 aliphatic rings.